The molecule has 0 aliphatic rings. The summed E-state index contributed by atoms with van der Waals surface area (Å²) in [7, 11) is 0. The summed E-state index contributed by atoms with van der Waals surface area (Å²) in [4.78, 5) is 0. The van der Waals surface area contributed by atoms with Crippen molar-refractivity contribution in [3.05, 3.63) is 35.6 Å². The van der Waals surface area contributed by atoms with Crippen molar-refractivity contribution in [1.29, 1.82) is 0 Å². The first kappa shape index (κ1) is 9.86. The highest BCUT2D eigenvalue weighted by molar-refractivity contribution is 6.25. The number of nitrogen functional groups attached to an aromatic ring is 1. The monoisotopic (exact) mass is 201 g/mol. The van der Waals surface area contributed by atoms with Gasteiger partial charge >= 0.3 is 0 Å². The highest BCUT2D eigenvalue weighted by atomic mass is 35.5. The summed E-state index contributed by atoms with van der Waals surface area (Å²) in [5.74, 6) is 0.0777. The van der Waals surface area contributed by atoms with Crippen LogP contribution in [0.25, 0.3) is 0 Å². The minimum absolute atomic E-state index is 0.281. The number of hydrogen-bond acceptors (Lipinski definition) is 2. The molecular formula is C9H9ClFNO. The number of ether oxygens (including phenoxy) is 1. The number of hydrogen-bond donors (Lipinski definition) is 1. The minimum atomic E-state index is -0.377. The Labute approximate surface area is 80.8 Å². The molecule has 4 heteroatoms. The second-order valence-corrected chi connectivity index (χ2v) is 2.61. The van der Waals surface area contributed by atoms with Crippen molar-refractivity contribution in [1.82, 2.24) is 0 Å². The van der Waals surface area contributed by atoms with E-state index in [2.05, 4.69) is 0 Å². The lowest BCUT2D eigenvalue weighted by atomic mass is 10.3. The topological polar surface area (TPSA) is 35.2 Å². The third kappa shape index (κ3) is 2.95. The zero-order valence-electron chi connectivity index (χ0n) is 6.84. The largest absolute Gasteiger partial charge is 0.487 e. The number of benzene rings is 1. The van der Waals surface area contributed by atoms with Gasteiger partial charge in [-0.3, -0.25) is 0 Å². The summed E-state index contributed by atoms with van der Waals surface area (Å²) in [5.41, 5.74) is 7.11. The van der Waals surface area contributed by atoms with Crippen LogP contribution in [0.1, 0.15) is 0 Å². The lowest BCUT2D eigenvalue weighted by Gasteiger charge is -2.05. The average Bonchev–Trinajstić information content (AvgIpc) is 2.09. The molecule has 0 atom stereocenters. The normalized spacial score (nSPS) is 10.6. The molecule has 1 aromatic carbocycles. The van der Waals surface area contributed by atoms with Gasteiger partial charge in [0.05, 0.1) is 5.69 Å². The van der Waals surface area contributed by atoms with E-state index in [-0.39, 0.29) is 11.5 Å². The summed E-state index contributed by atoms with van der Waals surface area (Å²) in [5, 5.41) is 0. The maximum Gasteiger partial charge on any atom is 0.142 e. The van der Waals surface area contributed by atoms with Crippen LogP contribution >= 0.6 is 11.6 Å². The molecular weight excluding hydrogens is 193 g/mol. The van der Waals surface area contributed by atoms with Crippen molar-refractivity contribution in [2.24, 2.45) is 0 Å². The first-order valence-corrected chi connectivity index (χ1v) is 4.10. The standard InChI is InChI=1S/C9H9ClFNO/c10-4-1-5-13-9-3-2-7(11)6-8(9)12/h1-4,6H,5,12H2/b4-1+. The van der Waals surface area contributed by atoms with E-state index in [1.54, 1.807) is 6.08 Å². The quantitative estimate of drug-likeness (QED) is 0.763. The van der Waals surface area contributed by atoms with Gasteiger partial charge in [-0.2, -0.15) is 0 Å². The molecule has 1 rings (SSSR count). The molecule has 0 radical (unpaired) electrons. The summed E-state index contributed by atoms with van der Waals surface area (Å²) < 4.78 is 17.7. The zero-order valence-corrected chi connectivity index (χ0v) is 7.59. The maximum atomic E-state index is 12.6. The molecule has 70 valence electrons. The van der Waals surface area contributed by atoms with Gasteiger partial charge in [-0.05, 0) is 18.2 Å². The summed E-state index contributed by atoms with van der Waals surface area (Å²) in [6.07, 6.45) is 1.62. The molecule has 0 unspecified atom stereocenters. The highest BCUT2D eigenvalue weighted by Crippen LogP contribution is 2.21. The minimum Gasteiger partial charge on any atom is -0.487 e. The fourth-order valence-corrected chi connectivity index (χ4v) is 0.898. The van der Waals surface area contributed by atoms with Gasteiger partial charge in [-0.15, -0.1) is 0 Å². The molecule has 0 bridgehead atoms. The Bertz CT molecular complexity index is 314. The summed E-state index contributed by atoms with van der Waals surface area (Å²) >= 11 is 5.28. The van der Waals surface area contributed by atoms with Gasteiger partial charge in [0, 0.05) is 11.6 Å². The number of rotatable bonds is 3. The smallest absolute Gasteiger partial charge is 0.142 e. The van der Waals surface area contributed by atoms with E-state index in [0.717, 1.165) is 0 Å². The summed E-state index contributed by atoms with van der Waals surface area (Å²) in [6, 6.07) is 3.97. The molecule has 0 saturated carbocycles. The van der Waals surface area contributed by atoms with Crippen LogP contribution in [-0.2, 0) is 0 Å². The van der Waals surface area contributed by atoms with Crippen LogP contribution in [0.4, 0.5) is 10.1 Å². The first-order chi connectivity index (χ1) is 6.24. The van der Waals surface area contributed by atoms with Gasteiger partial charge in [-0.1, -0.05) is 11.6 Å². The van der Waals surface area contributed by atoms with E-state index in [1.807, 2.05) is 0 Å². The number of nitrogens with two attached hydrogens (primary N) is 1. The Hall–Kier alpha value is -1.22. The van der Waals surface area contributed by atoms with Crippen molar-refractivity contribution in [3.8, 4) is 5.75 Å². The van der Waals surface area contributed by atoms with Crippen molar-refractivity contribution >= 4 is 17.3 Å². The lowest BCUT2D eigenvalue weighted by Crippen LogP contribution is -1.97. The van der Waals surface area contributed by atoms with Gasteiger partial charge in [0.25, 0.3) is 0 Å². The molecule has 0 saturated heterocycles. The molecule has 0 amide bonds. The fraction of sp³-hybridized carbons (Fsp3) is 0.111. The number of halogens is 2. The van der Waals surface area contributed by atoms with E-state index >= 15 is 0 Å². The second kappa shape index (κ2) is 4.72. The van der Waals surface area contributed by atoms with Crippen LogP contribution in [0.15, 0.2) is 29.8 Å². The van der Waals surface area contributed by atoms with Crippen molar-refractivity contribution < 1.29 is 9.13 Å². The molecule has 0 fully saturated rings. The Morgan fingerprint density at radius 1 is 1.54 bits per heavy atom. The Morgan fingerprint density at radius 2 is 2.31 bits per heavy atom. The molecule has 0 heterocycles. The lowest BCUT2D eigenvalue weighted by molar-refractivity contribution is 0.364. The van der Waals surface area contributed by atoms with Crippen molar-refractivity contribution in [2.75, 3.05) is 12.3 Å². The molecule has 1 aromatic rings. The van der Waals surface area contributed by atoms with Crippen LogP contribution in [-0.4, -0.2) is 6.61 Å². The van der Waals surface area contributed by atoms with Crippen molar-refractivity contribution in [2.45, 2.75) is 0 Å². The molecule has 13 heavy (non-hydrogen) atoms. The van der Waals surface area contributed by atoms with E-state index in [0.29, 0.717) is 12.4 Å². The van der Waals surface area contributed by atoms with Crippen LogP contribution in [0.5, 0.6) is 5.75 Å². The highest BCUT2D eigenvalue weighted by Gasteiger charge is 1.99. The van der Waals surface area contributed by atoms with Gasteiger partial charge < -0.3 is 10.5 Å². The summed E-state index contributed by atoms with van der Waals surface area (Å²) in [6.45, 7) is 0.319. The van der Waals surface area contributed by atoms with E-state index < -0.39 is 0 Å². The van der Waals surface area contributed by atoms with Crippen LogP contribution < -0.4 is 10.5 Å². The van der Waals surface area contributed by atoms with Gasteiger partial charge in [0.15, 0.2) is 0 Å². The zero-order chi connectivity index (χ0) is 9.68. The maximum absolute atomic E-state index is 12.6. The second-order valence-electron chi connectivity index (χ2n) is 2.35. The average molecular weight is 202 g/mol. The number of anilines is 1. The third-order valence-electron chi connectivity index (χ3n) is 1.40. The van der Waals surface area contributed by atoms with E-state index in [9.17, 15) is 4.39 Å². The van der Waals surface area contributed by atoms with E-state index in [1.165, 1.54) is 23.7 Å². The molecule has 0 aliphatic heterocycles. The SMILES string of the molecule is Nc1cc(F)ccc1OC/C=C/Cl. The van der Waals surface area contributed by atoms with Crippen LogP contribution in [0.2, 0.25) is 0 Å². The Morgan fingerprint density at radius 3 is 2.92 bits per heavy atom. The molecule has 2 nitrogen and oxygen atoms in total. The predicted molar refractivity (Wildman–Crippen MR) is 51.3 cm³/mol. The third-order valence-corrected chi connectivity index (χ3v) is 1.57. The molecule has 0 aromatic heterocycles. The molecule has 2 N–H and O–H groups in total. The predicted octanol–water partition coefficient (Wildman–Crippen LogP) is 2.54. The molecule has 0 aliphatic carbocycles. The van der Waals surface area contributed by atoms with Crippen LogP contribution in [0, 0.1) is 5.82 Å². The van der Waals surface area contributed by atoms with Crippen LogP contribution in [0.3, 0.4) is 0 Å². The molecule has 0 spiro atoms. The fourth-order valence-electron chi connectivity index (χ4n) is 0.825. The van der Waals surface area contributed by atoms with Gasteiger partial charge in [0.2, 0.25) is 0 Å². The van der Waals surface area contributed by atoms with Gasteiger partial charge in [0.1, 0.15) is 18.2 Å². The Balaban J connectivity index is 2.66. The van der Waals surface area contributed by atoms with Gasteiger partial charge in [-0.25, -0.2) is 4.39 Å². The Kier molecular flexibility index (Phi) is 3.58. The van der Waals surface area contributed by atoms with E-state index in [4.69, 9.17) is 22.1 Å². The first-order valence-electron chi connectivity index (χ1n) is 3.67. The van der Waals surface area contributed by atoms with Crippen molar-refractivity contribution in [3.63, 3.8) is 0 Å².